The Bertz CT molecular complexity index is 375. The van der Waals surface area contributed by atoms with E-state index in [9.17, 15) is 4.79 Å². The van der Waals surface area contributed by atoms with E-state index in [1.54, 1.807) is 7.11 Å². The fraction of sp³-hybridized carbons (Fsp3) is 0.462. The number of rotatable bonds is 5. The number of esters is 1. The third kappa shape index (κ3) is 3.05. The minimum atomic E-state index is -0.758. The number of methoxy groups -OCH3 is 3. The maximum atomic E-state index is 11.6. The van der Waals surface area contributed by atoms with Crippen molar-refractivity contribution in [3.8, 4) is 0 Å². The van der Waals surface area contributed by atoms with E-state index < -0.39 is 18.2 Å². The molecular formula is C13H18O4. The lowest BCUT2D eigenvalue weighted by molar-refractivity contribution is -0.161. The number of aryl methyl sites for hydroxylation is 1. The van der Waals surface area contributed by atoms with Gasteiger partial charge in [0.2, 0.25) is 0 Å². The molecule has 0 aliphatic heterocycles. The van der Waals surface area contributed by atoms with E-state index in [-0.39, 0.29) is 0 Å². The molecule has 0 radical (unpaired) electrons. The lowest BCUT2D eigenvalue weighted by Crippen LogP contribution is -2.32. The van der Waals surface area contributed by atoms with Gasteiger partial charge in [-0.2, -0.15) is 0 Å². The Labute approximate surface area is 101 Å². The second-order valence-electron chi connectivity index (χ2n) is 3.69. The summed E-state index contributed by atoms with van der Waals surface area (Å²) < 4.78 is 15.2. The molecule has 0 aromatic heterocycles. The van der Waals surface area contributed by atoms with Gasteiger partial charge in [0.05, 0.1) is 7.11 Å². The van der Waals surface area contributed by atoms with Gasteiger partial charge in [-0.25, -0.2) is 4.79 Å². The zero-order valence-corrected chi connectivity index (χ0v) is 10.6. The van der Waals surface area contributed by atoms with E-state index in [0.29, 0.717) is 0 Å². The van der Waals surface area contributed by atoms with Crippen LogP contribution in [-0.2, 0) is 19.0 Å². The molecule has 4 nitrogen and oxygen atoms in total. The number of carbonyl (C=O) groups excluding carboxylic acids is 1. The minimum absolute atomic E-state index is 0.442. The highest BCUT2D eigenvalue weighted by atomic mass is 16.6. The van der Waals surface area contributed by atoms with Crippen molar-refractivity contribution < 1.29 is 19.0 Å². The molecule has 0 saturated carbocycles. The van der Waals surface area contributed by atoms with Gasteiger partial charge in [-0.1, -0.05) is 24.3 Å². The van der Waals surface area contributed by atoms with Gasteiger partial charge in [0.1, 0.15) is 6.10 Å². The van der Waals surface area contributed by atoms with Crippen LogP contribution in [0.1, 0.15) is 17.2 Å². The Kier molecular flexibility index (Phi) is 5.12. The van der Waals surface area contributed by atoms with E-state index >= 15 is 0 Å². The summed E-state index contributed by atoms with van der Waals surface area (Å²) in [4.78, 5) is 11.6. The van der Waals surface area contributed by atoms with Crippen LogP contribution in [0.15, 0.2) is 24.3 Å². The van der Waals surface area contributed by atoms with Crippen LogP contribution in [0.25, 0.3) is 0 Å². The molecule has 0 aliphatic carbocycles. The number of hydrogen-bond donors (Lipinski definition) is 0. The summed E-state index contributed by atoms with van der Waals surface area (Å²) in [6, 6.07) is 7.72. The SMILES string of the molecule is COC(=O)[C@@H](OC)[C@H](OC)c1ccccc1C. The summed E-state index contributed by atoms with van der Waals surface area (Å²) in [5, 5.41) is 0. The quantitative estimate of drug-likeness (QED) is 0.735. The topological polar surface area (TPSA) is 44.8 Å². The molecule has 0 saturated heterocycles. The van der Waals surface area contributed by atoms with Crippen LogP contribution < -0.4 is 0 Å². The molecule has 2 atom stereocenters. The molecule has 0 amide bonds. The third-order valence-corrected chi connectivity index (χ3v) is 2.71. The summed E-state index contributed by atoms with van der Waals surface area (Å²) in [6.45, 7) is 1.96. The zero-order valence-electron chi connectivity index (χ0n) is 10.6. The van der Waals surface area contributed by atoms with Gasteiger partial charge in [0, 0.05) is 14.2 Å². The van der Waals surface area contributed by atoms with Crippen molar-refractivity contribution in [2.45, 2.75) is 19.1 Å². The van der Waals surface area contributed by atoms with Gasteiger partial charge >= 0.3 is 5.97 Å². The van der Waals surface area contributed by atoms with Crippen molar-refractivity contribution in [1.82, 2.24) is 0 Å². The fourth-order valence-electron chi connectivity index (χ4n) is 1.78. The molecule has 0 bridgehead atoms. The average Bonchev–Trinajstić information content (AvgIpc) is 2.36. The summed E-state index contributed by atoms with van der Waals surface area (Å²) in [5.41, 5.74) is 1.97. The lowest BCUT2D eigenvalue weighted by Gasteiger charge is -2.24. The van der Waals surface area contributed by atoms with Crippen molar-refractivity contribution in [2.75, 3.05) is 21.3 Å². The molecule has 0 fully saturated rings. The number of carbonyl (C=O) groups is 1. The number of hydrogen-bond acceptors (Lipinski definition) is 4. The number of ether oxygens (including phenoxy) is 3. The largest absolute Gasteiger partial charge is 0.467 e. The molecule has 0 spiro atoms. The highest BCUT2D eigenvalue weighted by Crippen LogP contribution is 2.26. The molecule has 0 unspecified atom stereocenters. The van der Waals surface area contributed by atoms with E-state index in [4.69, 9.17) is 14.2 Å². The van der Waals surface area contributed by atoms with E-state index in [1.165, 1.54) is 14.2 Å². The van der Waals surface area contributed by atoms with Crippen molar-refractivity contribution in [3.63, 3.8) is 0 Å². The fourth-order valence-corrected chi connectivity index (χ4v) is 1.78. The van der Waals surface area contributed by atoms with Gasteiger partial charge in [-0.05, 0) is 18.1 Å². The Hall–Kier alpha value is -1.39. The highest BCUT2D eigenvalue weighted by Gasteiger charge is 2.31. The van der Waals surface area contributed by atoms with Crippen LogP contribution in [0.2, 0.25) is 0 Å². The molecular weight excluding hydrogens is 220 g/mol. The predicted molar refractivity (Wildman–Crippen MR) is 63.7 cm³/mol. The van der Waals surface area contributed by atoms with Gasteiger partial charge in [0.15, 0.2) is 6.10 Å². The standard InChI is InChI=1S/C13H18O4/c1-9-7-5-6-8-10(9)11(15-2)12(16-3)13(14)17-4/h5-8,11-12H,1-4H3/t11-,12+/m1/s1. The monoisotopic (exact) mass is 238 g/mol. The first kappa shape index (κ1) is 13.7. The summed E-state index contributed by atoms with van der Waals surface area (Å²) in [5.74, 6) is -0.442. The van der Waals surface area contributed by atoms with Crippen LogP contribution in [0.4, 0.5) is 0 Å². The molecule has 1 aromatic carbocycles. The van der Waals surface area contributed by atoms with Crippen LogP contribution in [0.3, 0.4) is 0 Å². The van der Waals surface area contributed by atoms with Crippen LogP contribution in [-0.4, -0.2) is 33.4 Å². The van der Waals surface area contributed by atoms with E-state index in [0.717, 1.165) is 11.1 Å². The van der Waals surface area contributed by atoms with Crippen molar-refractivity contribution >= 4 is 5.97 Å². The maximum absolute atomic E-state index is 11.6. The molecule has 0 N–H and O–H groups in total. The summed E-state index contributed by atoms with van der Waals surface area (Å²) in [6.07, 6.45) is -1.22. The van der Waals surface area contributed by atoms with Gasteiger partial charge in [-0.3, -0.25) is 0 Å². The van der Waals surface area contributed by atoms with Crippen LogP contribution >= 0.6 is 0 Å². The first-order chi connectivity index (χ1) is 8.15. The van der Waals surface area contributed by atoms with E-state index in [1.807, 2.05) is 31.2 Å². The molecule has 0 aliphatic rings. The molecule has 94 valence electrons. The first-order valence-corrected chi connectivity index (χ1v) is 5.34. The second-order valence-corrected chi connectivity index (χ2v) is 3.69. The molecule has 1 rings (SSSR count). The van der Waals surface area contributed by atoms with Crippen molar-refractivity contribution in [3.05, 3.63) is 35.4 Å². The van der Waals surface area contributed by atoms with Gasteiger partial charge in [0.25, 0.3) is 0 Å². The van der Waals surface area contributed by atoms with Crippen LogP contribution in [0.5, 0.6) is 0 Å². The van der Waals surface area contributed by atoms with Gasteiger partial charge < -0.3 is 14.2 Å². The Balaban J connectivity index is 3.05. The summed E-state index contributed by atoms with van der Waals surface area (Å²) >= 11 is 0. The molecule has 1 aromatic rings. The van der Waals surface area contributed by atoms with Crippen molar-refractivity contribution in [1.29, 1.82) is 0 Å². The molecule has 4 heteroatoms. The normalized spacial score (nSPS) is 14.1. The number of benzene rings is 1. The van der Waals surface area contributed by atoms with E-state index in [2.05, 4.69) is 0 Å². The Morgan fingerprint density at radius 2 is 1.76 bits per heavy atom. The first-order valence-electron chi connectivity index (χ1n) is 5.34. The average molecular weight is 238 g/mol. The maximum Gasteiger partial charge on any atom is 0.338 e. The Morgan fingerprint density at radius 1 is 1.12 bits per heavy atom. The van der Waals surface area contributed by atoms with Crippen LogP contribution in [0, 0.1) is 6.92 Å². The molecule has 0 heterocycles. The Morgan fingerprint density at radius 3 is 2.24 bits per heavy atom. The zero-order chi connectivity index (χ0) is 12.8. The predicted octanol–water partition coefficient (Wildman–Crippen LogP) is 1.87. The van der Waals surface area contributed by atoms with Crippen molar-refractivity contribution in [2.24, 2.45) is 0 Å². The lowest BCUT2D eigenvalue weighted by atomic mass is 9.99. The smallest absolute Gasteiger partial charge is 0.338 e. The minimum Gasteiger partial charge on any atom is -0.467 e. The molecule has 17 heavy (non-hydrogen) atoms. The summed E-state index contributed by atoms with van der Waals surface area (Å²) in [7, 11) is 4.34. The second kappa shape index (κ2) is 6.37. The highest BCUT2D eigenvalue weighted by molar-refractivity contribution is 5.75. The third-order valence-electron chi connectivity index (χ3n) is 2.71. The van der Waals surface area contributed by atoms with Gasteiger partial charge in [-0.15, -0.1) is 0 Å².